The Hall–Kier alpha value is -4.20. The summed E-state index contributed by atoms with van der Waals surface area (Å²) in [5.41, 5.74) is 8.61. The molecule has 0 unspecified atom stereocenters. The van der Waals surface area contributed by atoms with Gasteiger partial charge in [0.05, 0.1) is 6.20 Å². The number of aryl methyl sites for hydroxylation is 2. The number of primary amides is 1. The lowest BCUT2D eigenvalue weighted by Crippen LogP contribution is -2.10. The number of ether oxygens (including phenoxy) is 1. The SMILES string of the molecule is NC(=O)c1ccc(C=Cc2nc(COc3ccc(CCCCn4ccnn4)cc3)co2)cc1. The lowest BCUT2D eigenvalue weighted by Gasteiger charge is -2.06. The minimum absolute atomic E-state index is 0.321. The first kappa shape index (κ1) is 22.0. The number of nitrogens with two attached hydrogens (primary N) is 1. The number of oxazole rings is 1. The van der Waals surface area contributed by atoms with Crippen molar-refractivity contribution < 1.29 is 13.9 Å². The number of unbranched alkanes of at least 4 members (excludes halogenated alkanes) is 1. The predicted molar refractivity (Wildman–Crippen MR) is 124 cm³/mol. The van der Waals surface area contributed by atoms with Gasteiger partial charge in [-0.3, -0.25) is 9.48 Å². The summed E-state index contributed by atoms with van der Waals surface area (Å²) < 4.78 is 13.2. The summed E-state index contributed by atoms with van der Waals surface area (Å²) in [6.07, 6.45) is 11.9. The molecule has 0 aliphatic carbocycles. The fourth-order valence-electron chi connectivity index (χ4n) is 3.26. The van der Waals surface area contributed by atoms with Gasteiger partial charge in [-0.2, -0.15) is 0 Å². The Morgan fingerprint density at radius 1 is 1.06 bits per heavy atom. The van der Waals surface area contributed by atoms with E-state index in [1.165, 1.54) is 5.56 Å². The van der Waals surface area contributed by atoms with E-state index in [4.69, 9.17) is 14.9 Å². The third kappa shape index (κ3) is 6.64. The summed E-state index contributed by atoms with van der Waals surface area (Å²) in [6, 6.07) is 15.1. The number of carbonyl (C=O) groups is 1. The molecular formula is C25H25N5O3. The Morgan fingerprint density at radius 2 is 1.88 bits per heavy atom. The van der Waals surface area contributed by atoms with E-state index < -0.39 is 5.91 Å². The molecule has 0 radical (unpaired) electrons. The summed E-state index contributed by atoms with van der Waals surface area (Å²) in [7, 11) is 0. The zero-order valence-corrected chi connectivity index (χ0v) is 18.1. The number of amides is 1. The Kier molecular flexibility index (Phi) is 7.27. The molecule has 8 nitrogen and oxygen atoms in total. The van der Waals surface area contributed by atoms with Crippen molar-refractivity contribution in [1.29, 1.82) is 0 Å². The number of rotatable bonds is 11. The summed E-state index contributed by atoms with van der Waals surface area (Å²) in [6.45, 7) is 1.21. The molecule has 0 aliphatic rings. The molecule has 2 heterocycles. The highest BCUT2D eigenvalue weighted by Crippen LogP contribution is 2.16. The molecule has 1 amide bonds. The van der Waals surface area contributed by atoms with Crippen molar-refractivity contribution in [3.63, 3.8) is 0 Å². The van der Waals surface area contributed by atoms with Crippen molar-refractivity contribution in [2.75, 3.05) is 0 Å². The second-order valence-corrected chi connectivity index (χ2v) is 7.55. The van der Waals surface area contributed by atoms with Crippen molar-refractivity contribution >= 4 is 18.1 Å². The van der Waals surface area contributed by atoms with Gasteiger partial charge in [0.25, 0.3) is 0 Å². The largest absolute Gasteiger partial charge is 0.487 e. The van der Waals surface area contributed by atoms with Crippen LogP contribution in [0.1, 0.15) is 45.9 Å². The van der Waals surface area contributed by atoms with E-state index >= 15 is 0 Å². The number of aromatic nitrogens is 4. The van der Waals surface area contributed by atoms with Gasteiger partial charge in [0, 0.05) is 24.4 Å². The van der Waals surface area contributed by atoms with E-state index in [1.54, 1.807) is 30.7 Å². The molecule has 2 aromatic heterocycles. The van der Waals surface area contributed by atoms with Crippen LogP contribution in [0.25, 0.3) is 12.2 Å². The van der Waals surface area contributed by atoms with Gasteiger partial charge in [-0.15, -0.1) is 5.10 Å². The summed E-state index contributed by atoms with van der Waals surface area (Å²) in [4.78, 5) is 15.5. The summed E-state index contributed by atoms with van der Waals surface area (Å²) in [5, 5.41) is 7.78. The maximum atomic E-state index is 11.1. The molecule has 0 bridgehead atoms. The fourth-order valence-corrected chi connectivity index (χ4v) is 3.26. The molecule has 8 heteroatoms. The van der Waals surface area contributed by atoms with Crippen LogP contribution in [0.15, 0.2) is 71.6 Å². The van der Waals surface area contributed by atoms with Crippen molar-refractivity contribution in [2.24, 2.45) is 5.73 Å². The first-order chi connectivity index (χ1) is 16.2. The van der Waals surface area contributed by atoms with Gasteiger partial charge in [0.15, 0.2) is 0 Å². The smallest absolute Gasteiger partial charge is 0.248 e. The minimum atomic E-state index is -0.447. The van der Waals surface area contributed by atoms with Crippen LogP contribution in [0.2, 0.25) is 0 Å². The van der Waals surface area contributed by atoms with E-state index in [9.17, 15) is 4.79 Å². The first-order valence-corrected chi connectivity index (χ1v) is 10.7. The second-order valence-electron chi connectivity index (χ2n) is 7.55. The molecule has 4 rings (SSSR count). The molecule has 2 aromatic carbocycles. The van der Waals surface area contributed by atoms with E-state index in [-0.39, 0.29) is 0 Å². The van der Waals surface area contributed by atoms with Crippen LogP contribution in [0, 0.1) is 0 Å². The van der Waals surface area contributed by atoms with Crippen molar-refractivity contribution in [1.82, 2.24) is 20.0 Å². The van der Waals surface area contributed by atoms with Crippen LogP contribution in [0.3, 0.4) is 0 Å². The number of hydrogen-bond donors (Lipinski definition) is 1. The van der Waals surface area contributed by atoms with Crippen LogP contribution in [0.4, 0.5) is 0 Å². The van der Waals surface area contributed by atoms with E-state index in [0.717, 1.165) is 37.1 Å². The third-order valence-electron chi connectivity index (χ3n) is 5.07. The normalized spacial score (nSPS) is 11.2. The van der Waals surface area contributed by atoms with Crippen LogP contribution in [-0.4, -0.2) is 25.9 Å². The van der Waals surface area contributed by atoms with Crippen molar-refractivity contribution in [3.8, 4) is 5.75 Å². The molecule has 4 aromatic rings. The standard InChI is InChI=1S/C25H25N5O3/c26-25(31)21-9-4-20(5-10-21)8-13-24-28-22(18-33-24)17-32-23-11-6-19(7-12-23)3-1-2-15-30-16-14-27-29-30/h4-14,16,18H,1-3,15,17H2,(H2,26,31). The Labute approximate surface area is 191 Å². The average Bonchev–Trinajstić information content (AvgIpc) is 3.52. The van der Waals surface area contributed by atoms with Crippen LogP contribution >= 0.6 is 0 Å². The van der Waals surface area contributed by atoms with E-state index in [1.807, 2.05) is 41.2 Å². The number of carbonyl (C=O) groups excluding carboxylic acids is 1. The molecule has 168 valence electrons. The van der Waals surface area contributed by atoms with Gasteiger partial charge in [0.2, 0.25) is 11.8 Å². The van der Waals surface area contributed by atoms with Crippen molar-refractivity contribution in [3.05, 3.63) is 95.5 Å². The quantitative estimate of drug-likeness (QED) is 0.349. The summed E-state index contributed by atoms with van der Waals surface area (Å²) >= 11 is 0. The van der Waals surface area contributed by atoms with Gasteiger partial charge in [-0.25, -0.2) is 4.98 Å². The minimum Gasteiger partial charge on any atom is -0.487 e. The molecule has 0 aliphatic heterocycles. The van der Waals surface area contributed by atoms with Gasteiger partial charge < -0.3 is 14.9 Å². The maximum Gasteiger partial charge on any atom is 0.248 e. The third-order valence-corrected chi connectivity index (χ3v) is 5.07. The van der Waals surface area contributed by atoms with Crippen LogP contribution in [-0.2, 0) is 19.6 Å². The number of hydrogen-bond acceptors (Lipinski definition) is 6. The molecule has 33 heavy (non-hydrogen) atoms. The molecule has 2 N–H and O–H groups in total. The highest BCUT2D eigenvalue weighted by atomic mass is 16.5. The average molecular weight is 444 g/mol. The first-order valence-electron chi connectivity index (χ1n) is 10.7. The monoisotopic (exact) mass is 443 g/mol. The second kappa shape index (κ2) is 10.9. The number of nitrogens with zero attached hydrogens (tertiary/aromatic N) is 4. The Morgan fingerprint density at radius 3 is 2.61 bits per heavy atom. The molecule has 0 saturated carbocycles. The molecular weight excluding hydrogens is 418 g/mol. The molecule has 0 fully saturated rings. The predicted octanol–water partition coefficient (Wildman–Crippen LogP) is 4.14. The lowest BCUT2D eigenvalue weighted by atomic mass is 10.1. The highest BCUT2D eigenvalue weighted by molar-refractivity contribution is 5.93. The number of benzene rings is 2. The van der Waals surface area contributed by atoms with Crippen LogP contribution < -0.4 is 10.5 Å². The zero-order chi connectivity index (χ0) is 22.9. The van der Waals surface area contributed by atoms with Gasteiger partial charge in [-0.05, 0) is 60.7 Å². The van der Waals surface area contributed by atoms with E-state index in [0.29, 0.717) is 23.8 Å². The van der Waals surface area contributed by atoms with Crippen LogP contribution in [0.5, 0.6) is 5.75 Å². The molecule has 0 atom stereocenters. The molecule has 0 saturated heterocycles. The molecule has 0 spiro atoms. The van der Waals surface area contributed by atoms with Crippen molar-refractivity contribution in [2.45, 2.75) is 32.4 Å². The topological polar surface area (TPSA) is 109 Å². The maximum absolute atomic E-state index is 11.1. The van der Waals surface area contributed by atoms with Gasteiger partial charge in [-0.1, -0.05) is 29.5 Å². The van der Waals surface area contributed by atoms with Gasteiger partial charge in [0.1, 0.15) is 24.3 Å². The van der Waals surface area contributed by atoms with Gasteiger partial charge >= 0.3 is 0 Å². The fraction of sp³-hybridized carbons (Fsp3) is 0.200. The van der Waals surface area contributed by atoms with E-state index in [2.05, 4.69) is 27.4 Å². The zero-order valence-electron chi connectivity index (χ0n) is 18.1. The Bertz CT molecular complexity index is 1180. The Balaban J connectivity index is 1.21. The lowest BCUT2D eigenvalue weighted by molar-refractivity contribution is 0.100. The summed E-state index contributed by atoms with van der Waals surface area (Å²) in [5.74, 6) is 0.821. The highest BCUT2D eigenvalue weighted by Gasteiger charge is 2.04.